The number of rotatable bonds is 3. The van der Waals surface area contributed by atoms with Gasteiger partial charge in [-0.3, -0.25) is 0 Å². The normalized spacial score (nSPS) is 11.1. The average molecular weight is 206 g/mol. The van der Waals surface area contributed by atoms with E-state index >= 15 is 0 Å². The van der Waals surface area contributed by atoms with Crippen LogP contribution in [0.25, 0.3) is 10.9 Å². The van der Waals surface area contributed by atoms with E-state index in [4.69, 9.17) is 5.73 Å². The number of nitrogens with two attached hydrogens (primary N) is 1. The van der Waals surface area contributed by atoms with Crippen LogP contribution in [-0.2, 0) is 6.42 Å². The number of H-pyrrole nitrogens is 1. The molecule has 0 amide bonds. The van der Waals surface area contributed by atoms with Crippen molar-refractivity contribution < 1.29 is 4.39 Å². The molecule has 3 heteroatoms. The van der Waals surface area contributed by atoms with E-state index in [0.717, 1.165) is 23.7 Å². The Bertz CT molecular complexity index is 474. The minimum Gasteiger partial charge on any atom is -0.358 e. The van der Waals surface area contributed by atoms with Crippen molar-refractivity contribution in [2.75, 3.05) is 6.54 Å². The van der Waals surface area contributed by atoms with Gasteiger partial charge < -0.3 is 10.7 Å². The molecule has 0 saturated carbocycles. The molecule has 80 valence electrons. The zero-order valence-electron chi connectivity index (χ0n) is 8.81. The molecule has 0 spiro atoms. The lowest BCUT2D eigenvalue weighted by Gasteiger charge is -1.97. The number of aromatic amines is 1. The van der Waals surface area contributed by atoms with Crippen LogP contribution in [0.2, 0.25) is 0 Å². The first-order valence-corrected chi connectivity index (χ1v) is 5.19. The second-order valence-corrected chi connectivity index (χ2v) is 3.81. The molecule has 0 aliphatic heterocycles. The first-order chi connectivity index (χ1) is 7.22. The molecule has 0 aliphatic carbocycles. The van der Waals surface area contributed by atoms with Gasteiger partial charge in [0.2, 0.25) is 0 Å². The zero-order valence-corrected chi connectivity index (χ0v) is 8.81. The Hall–Kier alpha value is -1.35. The summed E-state index contributed by atoms with van der Waals surface area (Å²) in [5.74, 6) is -0.200. The lowest BCUT2D eigenvalue weighted by Crippen LogP contribution is -2.01. The smallest absolute Gasteiger partial charge is 0.125 e. The molecule has 15 heavy (non-hydrogen) atoms. The number of benzene rings is 1. The van der Waals surface area contributed by atoms with Crippen molar-refractivity contribution in [1.29, 1.82) is 0 Å². The molecule has 1 heterocycles. The van der Waals surface area contributed by atoms with Crippen LogP contribution >= 0.6 is 0 Å². The second-order valence-electron chi connectivity index (χ2n) is 3.81. The summed E-state index contributed by atoms with van der Waals surface area (Å²) >= 11 is 0. The highest BCUT2D eigenvalue weighted by Crippen LogP contribution is 2.23. The molecule has 0 aliphatic rings. The minimum absolute atomic E-state index is 0.200. The molecule has 0 radical (unpaired) electrons. The van der Waals surface area contributed by atoms with E-state index in [2.05, 4.69) is 11.9 Å². The van der Waals surface area contributed by atoms with Crippen LogP contribution in [0, 0.1) is 12.7 Å². The highest BCUT2D eigenvalue weighted by atomic mass is 19.1. The molecular formula is C12H15FN2. The standard InChI is InChI=1S/C12H15FN2/c1-8-10-5-4-9(13)7-12(10)15-11(8)3-2-6-14/h4-5,7,15H,2-3,6,14H2,1H3. The Morgan fingerprint density at radius 3 is 2.93 bits per heavy atom. The van der Waals surface area contributed by atoms with Crippen molar-refractivity contribution >= 4 is 10.9 Å². The highest BCUT2D eigenvalue weighted by Gasteiger charge is 2.07. The fraction of sp³-hybridized carbons (Fsp3) is 0.333. The fourth-order valence-corrected chi connectivity index (χ4v) is 1.89. The van der Waals surface area contributed by atoms with Crippen molar-refractivity contribution in [3.05, 3.63) is 35.3 Å². The van der Waals surface area contributed by atoms with Crippen LogP contribution in [-0.4, -0.2) is 11.5 Å². The van der Waals surface area contributed by atoms with Crippen molar-refractivity contribution in [2.45, 2.75) is 19.8 Å². The molecule has 2 aromatic rings. The average Bonchev–Trinajstić information content (AvgIpc) is 2.52. The fourth-order valence-electron chi connectivity index (χ4n) is 1.89. The molecule has 0 fully saturated rings. The molecule has 0 atom stereocenters. The SMILES string of the molecule is Cc1c(CCCN)[nH]c2cc(F)ccc12. The molecule has 0 saturated heterocycles. The van der Waals surface area contributed by atoms with Crippen LogP contribution in [0.3, 0.4) is 0 Å². The van der Waals surface area contributed by atoms with E-state index in [1.807, 2.05) is 6.07 Å². The Kier molecular flexibility index (Phi) is 2.73. The maximum atomic E-state index is 13.0. The van der Waals surface area contributed by atoms with Gasteiger partial charge >= 0.3 is 0 Å². The summed E-state index contributed by atoms with van der Waals surface area (Å²) in [4.78, 5) is 3.24. The number of halogens is 1. The quantitative estimate of drug-likeness (QED) is 0.796. The van der Waals surface area contributed by atoms with Crippen LogP contribution in [0.5, 0.6) is 0 Å². The summed E-state index contributed by atoms with van der Waals surface area (Å²) in [6.45, 7) is 2.74. The van der Waals surface area contributed by atoms with Crippen LogP contribution < -0.4 is 5.73 Å². The van der Waals surface area contributed by atoms with Gasteiger partial charge in [0.1, 0.15) is 5.82 Å². The number of aromatic nitrogens is 1. The molecular weight excluding hydrogens is 191 g/mol. The largest absolute Gasteiger partial charge is 0.358 e. The van der Waals surface area contributed by atoms with Gasteiger partial charge in [-0.2, -0.15) is 0 Å². The molecule has 2 nitrogen and oxygen atoms in total. The van der Waals surface area contributed by atoms with Gasteiger partial charge in [-0.15, -0.1) is 0 Å². The number of fused-ring (bicyclic) bond motifs is 1. The monoisotopic (exact) mass is 206 g/mol. The molecule has 0 bridgehead atoms. The summed E-state index contributed by atoms with van der Waals surface area (Å²) in [5, 5.41) is 1.10. The van der Waals surface area contributed by atoms with Crippen molar-refractivity contribution in [1.82, 2.24) is 4.98 Å². The number of nitrogens with one attached hydrogen (secondary N) is 1. The first-order valence-electron chi connectivity index (χ1n) is 5.19. The predicted molar refractivity (Wildman–Crippen MR) is 60.4 cm³/mol. The van der Waals surface area contributed by atoms with E-state index < -0.39 is 0 Å². The first kappa shape index (κ1) is 10.2. The van der Waals surface area contributed by atoms with Crippen molar-refractivity contribution in [3.63, 3.8) is 0 Å². The summed E-state index contributed by atoms with van der Waals surface area (Å²) in [6, 6.07) is 4.85. The lowest BCUT2D eigenvalue weighted by molar-refractivity contribution is 0.629. The van der Waals surface area contributed by atoms with E-state index in [0.29, 0.717) is 6.54 Å². The highest BCUT2D eigenvalue weighted by molar-refractivity contribution is 5.84. The Morgan fingerprint density at radius 2 is 2.20 bits per heavy atom. The summed E-state index contributed by atoms with van der Waals surface area (Å²) in [7, 11) is 0. The van der Waals surface area contributed by atoms with E-state index in [1.165, 1.54) is 23.4 Å². The van der Waals surface area contributed by atoms with E-state index in [9.17, 15) is 4.39 Å². The zero-order chi connectivity index (χ0) is 10.8. The van der Waals surface area contributed by atoms with Crippen LogP contribution in [0.4, 0.5) is 4.39 Å². The van der Waals surface area contributed by atoms with Gasteiger partial charge in [-0.25, -0.2) is 4.39 Å². The third-order valence-electron chi connectivity index (χ3n) is 2.75. The maximum Gasteiger partial charge on any atom is 0.125 e. The number of hydrogen-bond donors (Lipinski definition) is 2. The molecule has 3 N–H and O–H groups in total. The number of aryl methyl sites for hydroxylation is 2. The Morgan fingerprint density at radius 1 is 1.40 bits per heavy atom. The molecule has 1 aromatic carbocycles. The lowest BCUT2D eigenvalue weighted by atomic mass is 10.1. The predicted octanol–water partition coefficient (Wildman–Crippen LogP) is 2.51. The minimum atomic E-state index is -0.200. The van der Waals surface area contributed by atoms with Gasteiger partial charge in [0.05, 0.1) is 0 Å². The summed E-state index contributed by atoms with van der Waals surface area (Å²) < 4.78 is 13.0. The van der Waals surface area contributed by atoms with Crippen LogP contribution in [0.1, 0.15) is 17.7 Å². The van der Waals surface area contributed by atoms with Crippen LogP contribution in [0.15, 0.2) is 18.2 Å². The second kappa shape index (κ2) is 4.03. The Labute approximate surface area is 88.3 Å². The van der Waals surface area contributed by atoms with Crippen molar-refractivity contribution in [2.24, 2.45) is 5.73 Å². The van der Waals surface area contributed by atoms with Crippen molar-refractivity contribution in [3.8, 4) is 0 Å². The van der Waals surface area contributed by atoms with E-state index in [-0.39, 0.29) is 5.82 Å². The van der Waals surface area contributed by atoms with E-state index in [1.54, 1.807) is 0 Å². The third kappa shape index (κ3) is 1.88. The molecule has 2 rings (SSSR count). The Balaban J connectivity index is 2.44. The van der Waals surface area contributed by atoms with Gasteiger partial charge in [0.15, 0.2) is 0 Å². The van der Waals surface area contributed by atoms with Gasteiger partial charge in [0.25, 0.3) is 0 Å². The maximum absolute atomic E-state index is 13.0. The van der Waals surface area contributed by atoms with Gasteiger partial charge in [0, 0.05) is 16.6 Å². The van der Waals surface area contributed by atoms with Gasteiger partial charge in [-0.05, 0) is 50.1 Å². The summed E-state index contributed by atoms with van der Waals surface area (Å²) in [6.07, 6.45) is 1.88. The third-order valence-corrected chi connectivity index (χ3v) is 2.75. The molecule has 0 unspecified atom stereocenters. The molecule has 1 aromatic heterocycles. The summed E-state index contributed by atoms with van der Waals surface area (Å²) in [5.41, 5.74) is 8.72. The number of hydrogen-bond acceptors (Lipinski definition) is 1. The topological polar surface area (TPSA) is 41.8 Å². The van der Waals surface area contributed by atoms with Gasteiger partial charge in [-0.1, -0.05) is 0 Å².